The fraction of sp³-hybridized carbons (Fsp3) is 0.438. The van der Waals surface area contributed by atoms with Gasteiger partial charge in [-0.2, -0.15) is 0 Å². The highest BCUT2D eigenvalue weighted by Crippen LogP contribution is 2.38. The SMILES string of the molecule is Cc1ccc([S@@](=O)C2=C3CCCN3C(=O)C[C@@H]2C)cc1. The Hall–Kier alpha value is -1.42. The molecule has 1 aromatic carbocycles. The van der Waals surface area contributed by atoms with Crippen molar-refractivity contribution in [1.82, 2.24) is 4.90 Å². The van der Waals surface area contributed by atoms with Crippen LogP contribution in [0.25, 0.3) is 0 Å². The average molecular weight is 289 g/mol. The standard InChI is InChI=1S/C16H19NO2S/c1-11-5-7-13(8-6-11)20(19)16-12(2)10-15(18)17-9-3-4-14(16)17/h5-8,12H,3-4,9-10H2,1-2H3/t12-,20+/m0/s1. The fourth-order valence-corrected chi connectivity index (χ4v) is 4.55. The van der Waals surface area contributed by atoms with Crippen molar-refractivity contribution >= 4 is 16.7 Å². The number of fused-ring (bicyclic) bond motifs is 1. The minimum atomic E-state index is -1.15. The molecule has 1 aromatic rings. The molecule has 2 aliphatic heterocycles. The van der Waals surface area contributed by atoms with Gasteiger partial charge < -0.3 is 4.90 Å². The lowest BCUT2D eigenvalue weighted by atomic mass is 10.0. The molecule has 4 heteroatoms. The Bertz CT molecular complexity index is 603. The van der Waals surface area contributed by atoms with Gasteiger partial charge in [-0.05, 0) is 31.9 Å². The molecule has 1 saturated heterocycles. The Kier molecular flexibility index (Phi) is 3.50. The summed E-state index contributed by atoms with van der Waals surface area (Å²) in [5.74, 6) is 0.267. The molecule has 2 aliphatic rings. The molecule has 3 nitrogen and oxygen atoms in total. The fourth-order valence-electron chi connectivity index (χ4n) is 3.03. The Balaban J connectivity index is 2.02. The minimum absolute atomic E-state index is 0.0778. The van der Waals surface area contributed by atoms with Crippen molar-refractivity contribution in [3.8, 4) is 0 Å². The van der Waals surface area contributed by atoms with Gasteiger partial charge in [0.25, 0.3) is 0 Å². The second-order valence-electron chi connectivity index (χ2n) is 5.65. The summed E-state index contributed by atoms with van der Waals surface area (Å²) < 4.78 is 12.9. The summed E-state index contributed by atoms with van der Waals surface area (Å²) in [5.41, 5.74) is 2.19. The number of hydrogen-bond donors (Lipinski definition) is 0. The van der Waals surface area contributed by atoms with Crippen LogP contribution in [-0.2, 0) is 15.6 Å². The summed E-state index contributed by atoms with van der Waals surface area (Å²) in [6, 6.07) is 7.84. The van der Waals surface area contributed by atoms with Crippen molar-refractivity contribution in [3.05, 3.63) is 40.4 Å². The topological polar surface area (TPSA) is 37.4 Å². The van der Waals surface area contributed by atoms with E-state index in [4.69, 9.17) is 0 Å². The van der Waals surface area contributed by atoms with Gasteiger partial charge in [0.15, 0.2) is 0 Å². The average Bonchev–Trinajstić information content (AvgIpc) is 2.88. The molecule has 106 valence electrons. The molecule has 0 aliphatic carbocycles. The van der Waals surface area contributed by atoms with Crippen LogP contribution in [0.4, 0.5) is 0 Å². The number of allylic oxidation sites excluding steroid dienone is 2. The maximum Gasteiger partial charge on any atom is 0.227 e. The third kappa shape index (κ3) is 2.22. The van der Waals surface area contributed by atoms with Crippen LogP contribution >= 0.6 is 0 Å². The first-order valence-corrected chi connectivity index (χ1v) is 8.25. The first-order valence-electron chi connectivity index (χ1n) is 7.10. The maximum atomic E-state index is 12.9. The lowest BCUT2D eigenvalue weighted by Gasteiger charge is -2.30. The predicted molar refractivity (Wildman–Crippen MR) is 79.3 cm³/mol. The van der Waals surface area contributed by atoms with E-state index in [-0.39, 0.29) is 11.8 Å². The zero-order valence-corrected chi connectivity index (χ0v) is 12.7. The minimum Gasteiger partial charge on any atom is -0.315 e. The number of amides is 1. The van der Waals surface area contributed by atoms with Gasteiger partial charge in [0, 0.05) is 34.4 Å². The van der Waals surface area contributed by atoms with E-state index in [2.05, 4.69) is 0 Å². The lowest BCUT2D eigenvalue weighted by molar-refractivity contribution is -0.130. The van der Waals surface area contributed by atoms with E-state index < -0.39 is 10.8 Å². The van der Waals surface area contributed by atoms with Gasteiger partial charge in [-0.15, -0.1) is 0 Å². The summed E-state index contributed by atoms with van der Waals surface area (Å²) in [6.45, 7) is 4.83. The van der Waals surface area contributed by atoms with Crippen LogP contribution in [0.3, 0.4) is 0 Å². The third-order valence-electron chi connectivity index (χ3n) is 4.07. The molecule has 2 atom stereocenters. The summed E-state index contributed by atoms with van der Waals surface area (Å²) in [5, 5.41) is 0. The lowest BCUT2D eigenvalue weighted by Crippen LogP contribution is -2.34. The summed E-state index contributed by atoms with van der Waals surface area (Å²) in [4.78, 5) is 15.7. The smallest absolute Gasteiger partial charge is 0.227 e. The highest BCUT2D eigenvalue weighted by Gasteiger charge is 2.36. The van der Waals surface area contributed by atoms with Crippen molar-refractivity contribution in [3.63, 3.8) is 0 Å². The second kappa shape index (κ2) is 5.17. The monoisotopic (exact) mass is 289 g/mol. The van der Waals surface area contributed by atoms with Crippen molar-refractivity contribution in [2.45, 2.75) is 38.0 Å². The quantitative estimate of drug-likeness (QED) is 0.839. The molecule has 0 N–H and O–H groups in total. The van der Waals surface area contributed by atoms with E-state index in [0.717, 1.165) is 40.4 Å². The number of nitrogens with zero attached hydrogens (tertiary/aromatic N) is 1. The van der Waals surface area contributed by atoms with Crippen molar-refractivity contribution < 1.29 is 9.00 Å². The molecule has 1 fully saturated rings. The summed E-state index contributed by atoms with van der Waals surface area (Å²) in [7, 11) is -1.15. The van der Waals surface area contributed by atoms with Crippen LogP contribution in [-0.4, -0.2) is 21.6 Å². The van der Waals surface area contributed by atoms with E-state index in [1.165, 1.54) is 0 Å². The maximum absolute atomic E-state index is 12.9. The molecule has 0 radical (unpaired) electrons. The molecular formula is C16H19NO2S. The zero-order chi connectivity index (χ0) is 14.3. The van der Waals surface area contributed by atoms with Gasteiger partial charge in [0.1, 0.15) is 0 Å². The molecule has 0 bridgehead atoms. The van der Waals surface area contributed by atoms with Gasteiger partial charge in [-0.3, -0.25) is 4.79 Å². The normalized spacial score (nSPS) is 24.0. The summed E-state index contributed by atoms with van der Waals surface area (Å²) >= 11 is 0. The van der Waals surface area contributed by atoms with E-state index >= 15 is 0 Å². The van der Waals surface area contributed by atoms with Gasteiger partial charge in [0.2, 0.25) is 5.91 Å². The highest BCUT2D eigenvalue weighted by atomic mass is 32.2. The van der Waals surface area contributed by atoms with Crippen LogP contribution < -0.4 is 0 Å². The van der Waals surface area contributed by atoms with E-state index in [9.17, 15) is 9.00 Å². The van der Waals surface area contributed by atoms with Crippen LogP contribution in [0, 0.1) is 12.8 Å². The molecule has 3 rings (SSSR count). The van der Waals surface area contributed by atoms with E-state index in [0.29, 0.717) is 6.42 Å². The molecular weight excluding hydrogens is 270 g/mol. The number of carbonyl (C=O) groups excluding carboxylic acids is 1. The first kappa shape index (κ1) is 13.6. The number of hydrogen-bond acceptors (Lipinski definition) is 2. The zero-order valence-electron chi connectivity index (χ0n) is 11.9. The molecule has 0 unspecified atom stereocenters. The highest BCUT2D eigenvalue weighted by molar-refractivity contribution is 7.89. The van der Waals surface area contributed by atoms with E-state index in [1.807, 2.05) is 43.0 Å². The first-order chi connectivity index (χ1) is 9.58. The Labute approximate surface area is 122 Å². The second-order valence-corrected chi connectivity index (χ2v) is 7.10. The molecule has 20 heavy (non-hydrogen) atoms. The third-order valence-corrected chi connectivity index (χ3v) is 5.81. The van der Waals surface area contributed by atoms with E-state index in [1.54, 1.807) is 0 Å². The van der Waals surface area contributed by atoms with Crippen molar-refractivity contribution in [2.24, 2.45) is 5.92 Å². The van der Waals surface area contributed by atoms with Crippen molar-refractivity contribution in [2.75, 3.05) is 6.54 Å². The van der Waals surface area contributed by atoms with Gasteiger partial charge in [0.05, 0.1) is 10.8 Å². The van der Waals surface area contributed by atoms with Gasteiger partial charge in [-0.1, -0.05) is 24.6 Å². The molecule has 0 spiro atoms. The summed E-state index contributed by atoms with van der Waals surface area (Å²) in [6.07, 6.45) is 2.35. The number of carbonyl (C=O) groups is 1. The number of rotatable bonds is 2. The molecule has 0 saturated carbocycles. The Morgan fingerprint density at radius 1 is 1.25 bits per heavy atom. The van der Waals surface area contributed by atoms with Crippen LogP contribution in [0.2, 0.25) is 0 Å². The molecule has 1 amide bonds. The number of aryl methyl sites for hydroxylation is 1. The number of benzene rings is 1. The Morgan fingerprint density at radius 3 is 2.65 bits per heavy atom. The van der Waals surface area contributed by atoms with Gasteiger partial charge in [-0.25, -0.2) is 4.21 Å². The van der Waals surface area contributed by atoms with Crippen LogP contribution in [0.5, 0.6) is 0 Å². The van der Waals surface area contributed by atoms with Gasteiger partial charge >= 0.3 is 0 Å². The molecule has 0 aromatic heterocycles. The Morgan fingerprint density at radius 2 is 1.95 bits per heavy atom. The van der Waals surface area contributed by atoms with Crippen LogP contribution in [0.1, 0.15) is 31.7 Å². The van der Waals surface area contributed by atoms with Crippen molar-refractivity contribution in [1.29, 1.82) is 0 Å². The molecule has 2 heterocycles. The predicted octanol–water partition coefficient (Wildman–Crippen LogP) is 2.98. The van der Waals surface area contributed by atoms with Crippen LogP contribution in [0.15, 0.2) is 39.8 Å². The largest absolute Gasteiger partial charge is 0.315 e.